The minimum absolute atomic E-state index is 0.106. The highest BCUT2D eigenvalue weighted by atomic mass is 16.3. The van der Waals surface area contributed by atoms with Crippen LogP contribution in [-0.4, -0.2) is 16.0 Å². The minimum atomic E-state index is -0.202. The molecular formula is C17H15N3O2. The van der Waals surface area contributed by atoms with Crippen LogP contribution in [0.25, 0.3) is 10.9 Å². The van der Waals surface area contributed by atoms with Crippen LogP contribution in [0.3, 0.4) is 0 Å². The van der Waals surface area contributed by atoms with Gasteiger partial charge in [0.25, 0.3) is 0 Å². The molecule has 3 rings (SSSR count). The highest BCUT2D eigenvalue weighted by Gasteiger charge is 2.07. The van der Waals surface area contributed by atoms with E-state index in [1.54, 1.807) is 24.3 Å². The van der Waals surface area contributed by atoms with Crippen molar-refractivity contribution >= 4 is 28.2 Å². The second-order valence-electron chi connectivity index (χ2n) is 5.00. The van der Waals surface area contributed by atoms with Crippen LogP contribution in [0.2, 0.25) is 0 Å². The van der Waals surface area contributed by atoms with Gasteiger partial charge in [-0.05, 0) is 24.3 Å². The number of para-hydroxylation sites is 1. The topological polar surface area (TPSA) is 88.2 Å². The lowest BCUT2D eigenvalue weighted by Gasteiger charge is -2.07. The van der Waals surface area contributed by atoms with Crippen LogP contribution in [0.15, 0.2) is 54.6 Å². The summed E-state index contributed by atoms with van der Waals surface area (Å²) >= 11 is 0. The van der Waals surface area contributed by atoms with E-state index in [1.165, 1.54) is 6.07 Å². The predicted octanol–water partition coefficient (Wildman–Crippen LogP) is 2.70. The van der Waals surface area contributed by atoms with Crippen molar-refractivity contribution in [3.05, 3.63) is 60.3 Å². The third-order valence-electron chi connectivity index (χ3n) is 3.28. The summed E-state index contributed by atoms with van der Waals surface area (Å²) in [5, 5.41) is 13.1. The number of amides is 1. The van der Waals surface area contributed by atoms with Crippen LogP contribution >= 0.6 is 0 Å². The van der Waals surface area contributed by atoms with Gasteiger partial charge in [-0.2, -0.15) is 0 Å². The summed E-state index contributed by atoms with van der Waals surface area (Å²) in [5.74, 6) is -0.0960. The van der Waals surface area contributed by atoms with Gasteiger partial charge in [-0.25, -0.2) is 0 Å². The van der Waals surface area contributed by atoms with Crippen molar-refractivity contribution in [2.75, 3.05) is 11.1 Å². The fourth-order valence-corrected chi connectivity index (χ4v) is 2.26. The van der Waals surface area contributed by atoms with Gasteiger partial charge in [-0.1, -0.05) is 24.3 Å². The van der Waals surface area contributed by atoms with Crippen molar-refractivity contribution in [3.63, 3.8) is 0 Å². The number of carbonyl (C=O) groups excluding carboxylic acids is 1. The Morgan fingerprint density at radius 3 is 2.77 bits per heavy atom. The number of pyridine rings is 1. The Kier molecular flexibility index (Phi) is 3.62. The highest BCUT2D eigenvalue weighted by molar-refractivity contribution is 5.93. The number of nitrogen functional groups attached to an aromatic ring is 1. The van der Waals surface area contributed by atoms with Crippen molar-refractivity contribution < 1.29 is 9.90 Å². The Morgan fingerprint density at radius 2 is 1.95 bits per heavy atom. The Morgan fingerprint density at radius 1 is 1.14 bits per heavy atom. The lowest BCUT2D eigenvalue weighted by Crippen LogP contribution is -2.15. The van der Waals surface area contributed by atoms with E-state index < -0.39 is 0 Å². The van der Waals surface area contributed by atoms with E-state index in [9.17, 15) is 9.90 Å². The van der Waals surface area contributed by atoms with Crippen LogP contribution in [0.5, 0.6) is 5.75 Å². The van der Waals surface area contributed by atoms with Crippen LogP contribution in [0, 0.1) is 0 Å². The Bertz CT molecular complexity index is 846. The molecule has 0 aliphatic heterocycles. The largest absolute Gasteiger partial charge is 0.508 e. The summed E-state index contributed by atoms with van der Waals surface area (Å²) in [4.78, 5) is 16.5. The maximum atomic E-state index is 12.1. The number of hydrogen-bond acceptors (Lipinski definition) is 4. The monoisotopic (exact) mass is 293 g/mol. The fourth-order valence-electron chi connectivity index (χ4n) is 2.26. The van der Waals surface area contributed by atoms with E-state index in [0.717, 1.165) is 5.39 Å². The zero-order chi connectivity index (χ0) is 15.5. The van der Waals surface area contributed by atoms with Gasteiger partial charge in [0.15, 0.2) is 0 Å². The molecule has 0 fully saturated rings. The number of phenolic OH excluding ortho intramolecular Hbond substituents is 1. The number of anilines is 2. The van der Waals surface area contributed by atoms with Gasteiger partial charge < -0.3 is 16.2 Å². The number of nitrogens with zero attached hydrogens (tertiary/aromatic N) is 1. The highest BCUT2D eigenvalue weighted by Crippen LogP contribution is 2.19. The summed E-state index contributed by atoms with van der Waals surface area (Å²) in [6.07, 6.45) is 0.139. The molecule has 5 nitrogen and oxygen atoms in total. The first-order chi connectivity index (χ1) is 10.6. The number of nitrogens with one attached hydrogen (secondary N) is 1. The normalized spacial score (nSPS) is 10.5. The maximum Gasteiger partial charge on any atom is 0.230 e. The number of fused-ring (bicyclic) bond motifs is 1. The molecule has 0 saturated carbocycles. The smallest absolute Gasteiger partial charge is 0.230 e. The summed E-state index contributed by atoms with van der Waals surface area (Å²) < 4.78 is 0. The van der Waals surface area contributed by atoms with E-state index in [0.29, 0.717) is 22.6 Å². The third-order valence-corrected chi connectivity index (χ3v) is 3.28. The zero-order valence-electron chi connectivity index (χ0n) is 11.8. The average molecular weight is 293 g/mol. The third kappa shape index (κ3) is 2.98. The molecule has 2 aromatic carbocycles. The molecule has 4 N–H and O–H groups in total. The molecule has 0 aliphatic carbocycles. The summed E-state index contributed by atoms with van der Waals surface area (Å²) in [7, 11) is 0. The quantitative estimate of drug-likeness (QED) is 0.648. The fraction of sp³-hybridized carbons (Fsp3) is 0.0588. The van der Waals surface area contributed by atoms with Crippen molar-refractivity contribution in [1.29, 1.82) is 0 Å². The maximum absolute atomic E-state index is 12.1. The molecule has 0 unspecified atom stereocenters. The molecule has 110 valence electrons. The van der Waals surface area contributed by atoms with E-state index in [2.05, 4.69) is 10.3 Å². The standard InChI is InChI=1S/C17H15N3O2/c18-15-6-1-3-11-7-8-13(20-17(11)15)10-16(22)19-12-4-2-5-14(21)9-12/h1-9,21H,10,18H2,(H,19,22). The molecule has 22 heavy (non-hydrogen) atoms. The van der Waals surface area contributed by atoms with Gasteiger partial charge in [-0.3, -0.25) is 9.78 Å². The Labute approximate surface area is 127 Å². The number of benzene rings is 2. The van der Waals surface area contributed by atoms with E-state index in [1.807, 2.05) is 24.3 Å². The van der Waals surface area contributed by atoms with Gasteiger partial charge in [0.2, 0.25) is 5.91 Å². The first-order valence-corrected chi connectivity index (χ1v) is 6.85. The van der Waals surface area contributed by atoms with Crippen LogP contribution in [0.1, 0.15) is 5.69 Å². The molecule has 1 aromatic heterocycles. The molecule has 0 saturated heterocycles. The Balaban J connectivity index is 1.78. The van der Waals surface area contributed by atoms with Crippen molar-refractivity contribution in [2.45, 2.75) is 6.42 Å². The molecule has 3 aromatic rings. The van der Waals surface area contributed by atoms with Crippen LogP contribution < -0.4 is 11.1 Å². The number of phenols is 1. The summed E-state index contributed by atoms with van der Waals surface area (Å²) in [5.41, 5.74) is 8.38. The number of hydrogen-bond donors (Lipinski definition) is 3. The van der Waals surface area contributed by atoms with Crippen molar-refractivity contribution in [2.24, 2.45) is 0 Å². The van der Waals surface area contributed by atoms with Gasteiger partial charge >= 0.3 is 0 Å². The molecule has 0 radical (unpaired) electrons. The second-order valence-corrected chi connectivity index (χ2v) is 5.00. The van der Waals surface area contributed by atoms with Crippen LogP contribution in [-0.2, 0) is 11.2 Å². The molecule has 5 heteroatoms. The van der Waals surface area contributed by atoms with Gasteiger partial charge in [0.1, 0.15) is 5.75 Å². The molecule has 0 aliphatic rings. The number of rotatable bonds is 3. The lowest BCUT2D eigenvalue weighted by atomic mass is 10.1. The summed E-state index contributed by atoms with van der Waals surface area (Å²) in [6, 6.07) is 15.7. The van der Waals surface area contributed by atoms with E-state index in [4.69, 9.17) is 5.73 Å². The predicted molar refractivity (Wildman–Crippen MR) is 86.6 cm³/mol. The van der Waals surface area contributed by atoms with Gasteiger partial charge in [-0.15, -0.1) is 0 Å². The molecule has 0 bridgehead atoms. The zero-order valence-corrected chi connectivity index (χ0v) is 11.8. The van der Waals surface area contributed by atoms with Gasteiger partial charge in [0, 0.05) is 17.1 Å². The Hall–Kier alpha value is -3.08. The molecular weight excluding hydrogens is 278 g/mol. The number of aromatic nitrogens is 1. The van der Waals surface area contributed by atoms with E-state index in [-0.39, 0.29) is 18.1 Å². The lowest BCUT2D eigenvalue weighted by molar-refractivity contribution is -0.115. The number of carbonyl (C=O) groups is 1. The molecule has 1 heterocycles. The molecule has 1 amide bonds. The first-order valence-electron chi connectivity index (χ1n) is 6.85. The number of aromatic hydroxyl groups is 1. The van der Waals surface area contributed by atoms with Crippen molar-refractivity contribution in [3.8, 4) is 5.75 Å². The van der Waals surface area contributed by atoms with Crippen molar-refractivity contribution in [1.82, 2.24) is 4.98 Å². The van der Waals surface area contributed by atoms with E-state index >= 15 is 0 Å². The van der Waals surface area contributed by atoms with Crippen LogP contribution in [0.4, 0.5) is 11.4 Å². The molecule has 0 atom stereocenters. The summed E-state index contributed by atoms with van der Waals surface area (Å²) in [6.45, 7) is 0. The first kappa shape index (κ1) is 13.9. The minimum Gasteiger partial charge on any atom is -0.508 e. The molecule has 0 spiro atoms. The average Bonchev–Trinajstić information content (AvgIpc) is 2.48. The number of nitrogens with two attached hydrogens (primary N) is 1. The SMILES string of the molecule is Nc1cccc2ccc(CC(=O)Nc3cccc(O)c3)nc12. The van der Waals surface area contributed by atoms with Gasteiger partial charge in [0.05, 0.1) is 23.3 Å². The second kappa shape index (κ2) is 5.73.